The summed E-state index contributed by atoms with van der Waals surface area (Å²) in [6.45, 7) is 3.12. The number of halogens is 1. The van der Waals surface area contributed by atoms with E-state index in [4.69, 9.17) is 16.7 Å². The number of nitrogens with two attached hydrogens (primary N) is 1. The van der Waals surface area contributed by atoms with Crippen LogP contribution in [0.3, 0.4) is 0 Å². The molecule has 0 saturated heterocycles. The first-order chi connectivity index (χ1) is 10.6. The first-order valence-corrected chi connectivity index (χ1v) is 10.1. The first kappa shape index (κ1) is 18.1. The van der Waals surface area contributed by atoms with Gasteiger partial charge in [0, 0.05) is 12.6 Å². The lowest BCUT2D eigenvalue weighted by Gasteiger charge is -2.10. The average molecular weight is 393 g/mol. The van der Waals surface area contributed by atoms with Crippen molar-refractivity contribution in [2.45, 2.75) is 27.2 Å². The Kier molecular flexibility index (Phi) is 5.27. The van der Waals surface area contributed by atoms with Crippen molar-refractivity contribution in [3.63, 3.8) is 0 Å². The molecule has 1 atom stereocenters. The van der Waals surface area contributed by atoms with E-state index in [1.807, 2.05) is 0 Å². The number of carbonyl (C=O) groups is 1. The van der Waals surface area contributed by atoms with Gasteiger partial charge in [-0.05, 0) is 36.8 Å². The number of sulfonamides is 1. The predicted molar refractivity (Wildman–Crippen MR) is 90.9 cm³/mol. The van der Waals surface area contributed by atoms with Crippen LogP contribution in [0, 0.1) is 6.92 Å². The van der Waals surface area contributed by atoms with Gasteiger partial charge in [0.05, 0.1) is 24.9 Å². The van der Waals surface area contributed by atoms with Gasteiger partial charge in [-0.15, -0.1) is 11.3 Å². The maximum Gasteiger partial charge on any atom is 0.247 e. The number of benzene rings is 1. The average Bonchev–Trinajstić information content (AvgIpc) is 2.91. The number of amides is 1. The standard InChI is InChI=1S/C13H13ClN2O4S3/c1-7-5-11(9(14)6-10(7)16-8(2)17)22(18)12-3-4-13(21-12)23(15,19)20/h3-6H,1-2H3,(H,16,17)(H2,15,19,20)/t22-/m0/s1. The Morgan fingerprint density at radius 2 is 2.00 bits per heavy atom. The van der Waals surface area contributed by atoms with Crippen molar-refractivity contribution in [3.05, 3.63) is 34.9 Å². The Morgan fingerprint density at radius 3 is 2.52 bits per heavy atom. The molecule has 1 amide bonds. The smallest absolute Gasteiger partial charge is 0.247 e. The molecule has 2 aromatic rings. The largest absolute Gasteiger partial charge is 0.326 e. The molecule has 0 bridgehead atoms. The van der Waals surface area contributed by atoms with Crippen LogP contribution in [0.4, 0.5) is 5.69 Å². The summed E-state index contributed by atoms with van der Waals surface area (Å²) in [6, 6.07) is 5.85. The van der Waals surface area contributed by atoms with E-state index in [-0.39, 0.29) is 15.1 Å². The van der Waals surface area contributed by atoms with Crippen molar-refractivity contribution in [3.8, 4) is 0 Å². The third-order valence-electron chi connectivity index (χ3n) is 2.81. The van der Waals surface area contributed by atoms with Gasteiger partial charge < -0.3 is 5.32 Å². The lowest BCUT2D eigenvalue weighted by atomic mass is 10.2. The second-order valence-electron chi connectivity index (χ2n) is 4.67. The summed E-state index contributed by atoms with van der Waals surface area (Å²) in [7, 11) is -5.48. The number of hydrogen-bond donors (Lipinski definition) is 2. The van der Waals surface area contributed by atoms with Gasteiger partial charge in [0.1, 0.15) is 4.21 Å². The second-order valence-corrected chi connectivity index (χ2v) is 9.62. The maximum absolute atomic E-state index is 12.6. The molecule has 6 nitrogen and oxygen atoms in total. The Hall–Kier alpha value is -1.26. The molecular weight excluding hydrogens is 380 g/mol. The molecule has 0 spiro atoms. The van der Waals surface area contributed by atoms with E-state index in [2.05, 4.69) is 5.32 Å². The van der Waals surface area contributed by atoms with Crippen LogP contribution in [-0.2, 0) is 25.6 Å². The first-order valence-electron chi connectivity index (χ1n) is 6.21. The number of aryl methyl sites for hydroxylation is 1. The van der Waals surface area contributed by atoms with E-state index in [0.717, 1.165) is 11.3 Å². The van der Waals surface area contributed by atoms with Crippen molar-refractivity contribution in [1.29, 1.82) is 0 Å². The lowest BCUT2D eigenvalue weighted by Crippen LogP contribution is -2.09. The lowest BCUT2D eigenvalue weighted by molar-refractivity contribution is -0.114. The van der Waals surface area contributed by atoms with Gasteiger partial charge in [-0.1, -0.05) is 11.6 Å². The molecule has 0 aliphatic heterocycles. The van der Waals surface area contributed by atoms with Crippen molar-refractivity contribution < 1.29 is 17.4 Å². The summed E-state index contributed by atoms with van der Waals surface area (Å²) in [4.78, 5) is 11.5. The van der Waals surface area contributed by atoms with Crippen LogP contribution in [0.2, 0.25) is 5.02 Å². The Balaban J connectivity index is 2.42. The number of hydrogen-bond acceptors (Lipinski definition) is 5. The summed E-state index contributed by atoms with van der Waals surface area (Å²) in [6.07, 6.45) is 0. The number of rotatable bonds is 4. The van der Waals surface area contributed by atoms with E-state index >= 15 is 0 Å². The Labute approximate surface area is 145 Å². The van der Waals surface area contributed by atoms with E-state index in [1.165, 1.54) is 25.1 Å². The molecule has 2 rings (SSSR count). The number of anilines is 1. The summed E-state index contributed by atoms with van der Waals surface area (Å²) in [5, 5.41) is 7.89. The van der Waals surface area contributed by atoms with E-state index in [1.54, 1.807) is 13.0 Å². The fourth-order valence-electron chi connectivity index (χ4n) is 1.79. The highest BCUT2D eigenvalue weighted by molar-refractivity contribution is 7.92. The van der Waals surface area contributed by atoms with Gasteiger partial charge in [0.25, 0.3) is 0 Å². The zero-order valence-electron chi connectivity index (χ0n) is 12.1. The SMILES string of the molecule is CC(=O)Nc1cc(Cl)c([S@](=O)c2ccc(S(N)(=O)=O)s2)cc1C. The summed E-state index contributed by atoms with van der Waals surface area (Å²) in [5.41, 5.74) is 1.22. The molecule has 1 aromatic carbocycles. The molecule has 0 saturated carbocycles. The molecule has 0 fully saturated rings. The van der Waals surface area contributed by atoms with Gasteiger partial charge in [-0.2, -0.15) is 0 Å². The molecule has 23 heavy (non-hydrogen) atoms. The number of nitrogens with one attached hydrogen (secondary N) is 1. The van der Waals surface area contributed by atoms with Gasteiger partial charge in [0.2, 0.25) is 15.9 Å². The van der Waals surface area contributed by atoms with Gasteiger partial charge in [-0.25, -0.2) is 17.8 Å². The van der Waals surface area contributed by atoms with Crippen molar-refractivity contribution in [1.82, 2.24) is 0 Å². The summed E-state index contributed by atoms with van der Waals surface area (Å²) < 4.78 is 35.5. The molecule has 0 radical (unpaired) electrons. The van der Waals surface area contributed by atoms with Crippen molar-refractivity contribution in [2.75, 3.05) is 5.32 Å². The minimum atomic E-state index is -3.83. The van der Waals surface area contributed by atoms with Gasteiger partial charge in [0.15, 0.2) is 0 Å². The molecule has 124 valence electrons. The molecule has 0 aliphatic carbocycles. The minimum Gasteiger partial charge on any atom is -0.326 e. The molecule has 1 aromatic heterocycles. The third-order valence-corrected chi connectivity index (χ3v) is 7.50. The summed E-state index contributed by atoms with van der Waals surface area (Å²) in [5.74, 6) is -0.242. The van der Waals surface area contributed by atoms with Crippen LogP contribution in [-0.4, -0.2) is 18.5 Å². The zero-order valence-corrected chi connectivity index (χ0v) is 15.3. The van der Waals surface area contributed by atoms with Crippen LogP contribution in [0.25, 0.3) is 0 Å². The summed E-state index contributed by atoms with van der Waals surface area (Å²) >= 11 is 6.97. The monoisotopic (exact) mass is 392 g/mol. The molecule has 0 unspecified atom stereocenters. The third kappa shape index (κ3) is 4.18. The maximum atomic E-state index is 12.6. The van der Waals surface area contributed by atoms with Crippen LogP contribution in [0.15, 0.2) is 37.6 Å². The highest BCUT2D eigenvalue weighted by Gasteiger charge is 2.19. The molecule has 3 N–H and O–H groups in total. The molecular formula is C13H13ClN2O4S3. The highest BCUT2D eigenvalue weighted by atomic mass is 35.5. The fraction of sp³-hybridized carbons (Fsp3) is 0.154. The molecule has 10 heteroatoms. The number of carbonyl (C=O) groups excluding carboxylic acids is 1. The molecule has 1 heterocycles. The quantitative estimate of drug-likeness (QED) is 0.833. The second kappa shape index (κ2) is 6.70. The predicted octanol–water partition coefficient (Wildman–Crippen LogP) is 2.48. The number of primary sulfonamides is 1. The van der Waals surface area contributed by atoms with Crippen molar-refractivity contribution in [2.24, 2.45) is 5.14 Å². The van der Waals surface area contributed by atoms with Gasteiger partial charge in [-0.3, -0.25) is 4.79 Å². The van der Waals surface area contributed by atoms with Crippen LogP contribution in [0.1, 0.15) is 12.5 Å². The Bertz CT molecular complexity index is 906. The highest BCUT2D eigenvalue weighted by Crippen LogP contribution is 2.33. The normalized spacial score (nSPS) is 12.9. The molecule has 0 aliphatic rings. The van der Waals surface area contributed by atoms with Crippen LogP contribution >= 0.6 is 22.9 Å². The fourth-order valence-corrected chi connectivity index (χ4v) is 5.55. The van der Waals surface area contributed by atoms with E-state index in [0.29, 0.717) is 20.4 Å². The van der Waals surface area contributed by atoms with E-state index < -0.39 is 20.8 Å². The van der Waals surface area contributed by atoms with Crippen LogP contribution in [0.5, 0.6) is 0 Å². The van der Waals surface area contributed by atoms with Gasteiger partial charge >= 0.3 is 0 Å². The van der Waals surface area contributed by atoms with E-state index in [9.17, 15) is 17.4 Å². The Morgan fingerprint density at radius 1 is 1.35 bits per heavy atom. The number of thiophene rings is 1. The minimum absolute atomic E-state index is 0.0661. The van der Waals surface area contributed by atoms with Crippen LogP contribution < -0.4 is 10.5 Å². The zero-order chi connectivity index (χ0) is 17.4. The topological polar surface area (TPSA) is 106 Å². The van der Waals surface area contributed by atoms with Crippen molar-refractivity contribution >= 4 is 55.4 Å².